The average molecular weight is 185 g/mol. The Morgan fingerprint density at radius 3 is 2.46 bits per heavy atom. The molecule has 78 valence electrons. The van der Waals surface area contributed by atoms with Crippen LogP contribution >= 0.6 is 0 Å². The molecule has 13 heavy (non-hydrogen) atoms. The van der Waals surface area contributed by atoms with E-state index in [2.05, 4.69) is 41.8 Å². The Bertz CT molecular complexity index is 145. The van der Waals surface area contributed by atoms with Gasteiger partial charge in [-0.2, -0.15) is 0 Å². The monoisotopic (exact) mass is 185 g/mol. The molecule has 0 amide bonds. The van der Waals surface area contributed by atoms with Crippen LogP contribution in [0.15, 0.2) is 12.3 Å². The van der Waals surface area contributed by atoms with E-state index in [4.69, 9.17) is 0 Å². The standard InChI is InChI=1S/C8H17N3.C2H6/c1-4-10-7-5-6-11(3)8(7)9-2;1-2/h5-10H,4H2,1-3H3;1-2H3. The summed E-state index contributed by atoms with van der Waals surface area (Å²) < 4.78 is 0. The quantitative estimate of drug-likeness (QED) is 0.687. The average Bonchev–Trinajstić information content (AvgIpc) is 2.51. The zero-order valence-electron chi connectivity index (χ0n) is 9.46. The molecule has 3 heteroatoms. The fourth-order valence-corrected chi connectivity index (χ4v) is 1.48. The van der Waals surface area contributed by atoms with E-state index in [-0.39, 0.29) is 0 Å². The molecule has 2 N–H and O–H groups in total. The normalized spacial score (nSPS) is 25.8. The van der Waals surface area contributed by atoms with Gasteiger partial charge in [0.15, 0.2) is 0 Å². The van der Waals surface area contributed by atoms with E-state index < -0.39 is 0 Å². The zero-order chi connectivity index (χ0) is 10.3. The predicted molar refractivity (Wildman–Crippen MR) is 58.6 cm³/mol. The molecule has 1 aliphatic rings. The lowest BCUT2D eigenvalue weighted by Crippen LogP contribution is -2.49. The summed E-state index contributed by atoms with van der Waals surface area (Å²) in [7, 11) is 4.06. The van der Waals surface area contributed by atoms with Gasteiger partial charge in [-0.1, -0.05) is 20.8 Å². The van der Waals surface area contributed by atoms with E-state index in [0.29, 0.717) is 12.2 Å². The zero-order valence-corrected chi connectivity index (χ0v) is 9.46. The van der Waals surface area contributed by atoms with E-state index >= 15 is 0 Å². The van der Waals surface area contributed by atoms with Gasteiger partial charge in [0.25, 0.3) is 0 Å². The Hall–Kier alpha value is -0.540. The summed E-state index contributed by atoms with van der Waals surface area (Å²) in [6.07, 6.45) is 4.70. The summed E-state index contributed by atoms with van der Waals surface area (Å²) in [5.41, 5.74) is 0. The highest BCUT2D eigenvalue weighted by Crippen LogP contribution is 2.09. The molecule has 0 fully saturated rings. The molecule has 0 aliphatic carbocycles. The van der Waals surface area contributed by atoms with Crippen molar-refractivity contribution in [3.63, 3.8) is 0 Å². The van der Waals surface area contributed by atoms with Crippen LogP contribution in [0.5, 0.6) is 0 Å². The minimum Gasteiger partial charge on any atom is -0.364 e. The predicted octanol–water partition coefficient (Wildman–Crippen LogP) is 0.995. The van der Waals surface area contributed by atoms with E-state index in [1.54, 1.807) is 0 Å². The molecule has 0 aromatic heterocycles. The highest BCUT2D eigenvalue weighted by atomic mass is 15.3. The molecule has 0 saturated carbocycles. The fraction of sp³-hybridized carbons (Fsp3) is 0.800. The highest BCUT2D eigenvalue weighted by Gasteiger charge is 2.23. The second-order valence-electron chi connectivity index (χ2n) is 2.82. The van der Waals surface area contributed by atoms with E-state index in [1.165, 1.54) is 0 Å². The summed E-state index contributed by atoms with van der Waals surface area (Å²) >= 11 is 0. The first-order valence-corrected chi connectivity index (χ1v) is 5.10. The first-order chi connectivity index (χ1) is 6.29. The van der Waals surface area contributed by atoms with Gasteiger partial charge in [-0.25, -0.2) is 0 Å². The van der Waals surface area contributed by atoms with Crippen molar-refractivity contribution in [3.05, 3.63) is 12.3 Å². The number of hydrogen-bond donors (Lipinski definition) is 2. The van der Waals surface area contributed by atoms with Crippen LogP contribution < -0.4 is 10.6 Å². The van der Waals surface area contributed by atoms with Crippen molar-refractivity contribution < 1.29 is 0 Å². The third kappa shape index (κ3) is 3.36. The smallest absolute Gasteiger partial charge is 0.0978 e. The summed E-state index contributed by atoms with van der Waals surface area (Å²) in [4.78, 5) is 2.17. The van der Waals surface area contributed by atoms with Crippen LogP contribution in [0, 0.1) is 0 Å². The van der Waals surface area contributed by atoms with Crippen LogP contribution in [0.25, 0.3) is 0 Å². The number of hydrogen-bond acceptors (Lipinski definition) is 3. The maximum absolute atomic E-state index is 3.38. The molecular weight excluding hydrogens is 162 g/mol. The lowest BCUT2D eigenvalue weighted by Gasteiger charge is -2.26. The summed E-state index contributed by atoms with van der Waals surface area (Å²) in [5, 5.41) is 6.63. The molecule has 0 aromatic rings. The third-order valence-corrected chi connectivity index (χ3v) is 2.04. The van der Waals surface area contributed by atoms with Gasteiger partial charge in [0, 0.05) is 7.05 Å². The van der Waals surface area contributed by atoms with Gasteiger partial charge in [0.05, 0.1) is 12.2 Å². The Balaban J connectivity index is 0.000000671. The van der Waals surface area contributed by atoms with Gasteiger partial charge in [0.2, 0.25) is 0 Å². The summed E-state index contributed by atoms with van der Waals surface area (Å²) in [5.74, 6) is 0. The summed E-state index contributed by atoms with van der Waals surface area (Å²) in [6, 6.07) is 0.454. The molecule has 0 aromatic carbocycles. The number of rotatable bonds is 3. The second kappa shape index (κ2) is 6.92. The van der Waals surface area contributed by atoms with Crippen molar-refractivity contribution in [3.8, 4) is 0 Å². The Labute approximate surface area is 82.2 Å². The van der Waals surface area contributed by atoms with Gasteiger partial charge < -0.3 is 10.2 Å². The van der Waals surface area contributed by atoms with Crippen molar-refractivity contribution in [1.82, 2.24) is 15.5 Å². The van der Waals surface area contributed by atoms with Crippen molar-refractivity contribution >= 4 is 0 Å². The topological polar surface area (TPSA) is 27.3 Å². The van der Waals surface area contributed by atoms with Crippen LogP contribution in [0.4, 0.5) is 0 Å². The van der Waals surface area contributed by atoms with E-state index in [9.17, 15) is 0 Å². The Kier molecular flexibility index (Phi) is 6.63. The number of nitrogens with one attached hydrogen (secondary N) is 2. The van der Waals surface area contributed by atoms with Crippen LogP contribution in [0.3, 0.4) is 0 Å². The van der Waals surface area contributed by atoms with Crippen molar-refractivity contribution in [2.75, 3.05) is 20.6 Å². The van der Waals surface area contributed by atoms with Gasteiger partial charge in [-0.15, -0.1) is 0 Å². The van der Waals surface area contributed by atoms with Gasteiger partial charge in [-0.05, 0) is 25.9 Å². The molecule has 0 spiro atoms. The van der Waals surface area contributed by atoms with Gasteiger partial charge in [0.1, 0.15) is 0 Å². The fourth-order valence-electron chi connectivity index (χ4n) is 1.48. The maximum atomic E-state index is 3.38. The molecule has 0 saturated heterocycles. The minimum atomic E-state index is 0.412. The lowest BCUT2D eigenvalue weighted by atomic mass is 10.2. The largest absolute Gasteiger partial charge is 0.364 e. The minimum absolute atomic E-state index is 0.412. The highest BCUT2D eigenvalue weighted by molar-refractivity contribution is 5.06. The molecule has 2 unspecified atom stereocenters. The van der Waals surface area contributed by atoms with E-state index in [0.717, 1.165) is 6.54 Å². The summed E-state index contributed by atoms with van der Waals surface area (Å²) in [6.45, 7) is 7.14. The molecule has 0 radical (unpaired) electrons. The number of likely N-dealkylation sites (N-methyl/N-ethyl adjacent to an activating group) is 3. The SMILES string of the molecule is CC.CCNC1C=CN(C)C1NC. The first kappa shape index (κ1) is 12.5. The Morgan fingerprint density at radius 2 is 2.00 bits per heavy atom. The van der Waals surface area contributed by atoms with E-state index in [1.807, 2.05) is 20.9 Å². The van der Waals surface area contributed by atoms with Crippen molar-refractivity contribution in [1.29, 1.82) is 0 Å². The van der Waals surface area contributed by atoms with Crippen LogP contribution in [0.1, 0.15) is 20.8 Å². The van der Waals surface area contributed by atoms with Crippen LogP contribution in [0.2, 0.25) is 0 Å². The number of nitrogens with zero attached hydrogens (tertiary/aromatic N) is 1. The van der Waals surface area contributed by atoms with Crippen LogP contribution in [-0.2, 0) is 0 Å². The third-order valence-electron chi connectivity index (χ3n) is 2.04. The Morgan fingerprint density at radius 1 is 1.38 bits per heavy atom. The van der Waals surface area contributed by atoms with Gasteiger partial charge >= 0.3 is 0 Å². The maximum Gasteiger partial charge on any atom is 0.0978 e. The molecule has 1 heterocycles. The molecule has 2 atom stereocenters. The van der Waals surface area contributed by atoms with Crippen molar-refractivity contribution in [2.45, 2.75) is 33.0 Å². The lowest BCUT2D eigenvalue weighted by molar-refractivity contribution is 0.276. The van der Waals surface area contributed by atoms with Gasteiger partial charge in [-0.3, -0.25) is 5.32 Å². The first-order valence-electron chi connectivity index (χ1n) is 5.10. The molecule has 0 bridgehead atoms. The second-order valence-corrected chi connectivity index (χ2v) is 2.82. The van der Waals surface area contributed by atoms with Crippen LogP contribution in [-0.4, -0.2) is 37.7 Å². The molecule has 3 nitrogen and oxygen atoms in total. The molecule has 1 aliphatic heterocycles. The molecular formula is C10H23N3. The van der Waals surface area contributed by atoms with Crippen molar-refractivity contribution in [2.24, 2.45) is 0 Å². The molecule has 1 rings (SSSR count).